The molecule has 0 amide bonds. The number of phenols is 1. The summed E-state index contributed by atoms with van der Waals surface area (Å²) in [6, 6.07) is 7.57. The summed E-state index contributed by atoms with van der Waals surface area (Å²) in [7, 11) is -2.17. The van der Waals surface area contributed by atoms with Gasteiger partial charge in [-0.15, -0.1) is 0 Å². The number of aromatic hydroxyl groups is 1. The summed E-state index contributed by atoms with van der Waals surface area (Å²) in [5.41, 5.74) is 5.93. The lowest BCUT2D eigenvalue weighted by Gasteiger charge is -2.25. The van der Waals surface area contributed by atoms with Crippen LogP contribution in [0.4, 0.5) is 0 Å². The number of esters is 1. The van der Waals surface area contributed by atoms with Crippen LogP contribution in [0.25, 0.3) is 11.1 Å². The summed E-state index contributed by atoms with van der Waals surface area (Å²) in [4.78, 5) is 12.1. The highest BCUT2D eigenvalue weighted by molar-refractivity contribution is 7.56. The highest BCUT2D eigenvalue weighted by Crippen LogP contribution is 2.45. The third-order valence-electron chi connectivity index (χ3n) is 6.93. The second-order valence-corrected chi connectivity index (χ2v) is 13.8. The number of benzene rings is 2. The minimum Gasteiger partial charge on any atom is -0.507 e. The monoisotopic (exact) mass is 591 g/mol. The maximum Gasteiger partial charge on any atom is 0.323 e. The molecular weight excluding hydrogens is 541 g/mol. The molecule has 1 unspecified atom stereocenters. The van der Waals surface area contributed by atoms with Gasteiger partial charge >= 0.3 is 5.97 Å². The molecule has 0 aliphatic heterocycles. The number of hydrogen-bond donors (Lipinski definition) is 2. The number of nitrogens with one attached hydrogen (secondary N) is 1. The molecule has 0 heterocycles. The van der Waals surface area contributed by atoms with Crippen molar-refractivity contribution < 1.29 is 33.2 Å². The van der Waals surface area contributed by atoms with Crippen LogP contribution in [-0.4, -0.2) is 44.0 Å². The molecule has 2 atom stereocenters. The fraction of sp³-hybridized carbons (Fsp3) is 0.594. The van der Waals surface area contributed by atoms with Gasteiger partial charge in [-0.3, -0.25) is 13.9 Å². The largest absolute Gasteiger partial charge is 0.507 e. The van der Waals surface area contributed by atoms with Gasteiger partial charge in [0.2, 0.25) is 0 Å². The van der Waals surface area contributed by atoms with Gasteiger partial charge in [0.25, 0.3) is 7.52 Å². The Balaban J connectivity index is 2.50. The number of hydrogen-bond acceptors (Lipinski definition) is 7. The van der Waals surface area contributed by atoms with E-state index in [0.717, 1.165) is 33.4 Å². The zero-order valence-electron chi connectivity index (χ0n) is 26.7. The van der Waals surface area contributed by atoms with Crippen molar-refractivity contribution in [2.45, 2.75) is 99.0 Å². The average Bonchev–Trinajstić information content (AvgIpc) is 2.88. The van der Waals surface area contributed by atoms with Gasteiger partial charge in [0.1, 0.15) is 23.9 Å². The van der Waals surface area contributed by atoms with E-state index >= 15 is 0 Å². The first-order valence-electron chi connectivity index (χ1n) is 14.5. The fourth-order valence-corrected chi connectivity index (χ4v) is 6.14. The lowest BCUT2D eigenvalue weighted by molar-refractivity contribution is -0.144. The van der Waals surface area contributed by atoms with Crippen LogP contribution < -0.4 is 9.82 Å². The molecule has 0 radical (unpaired) electrons. The van der Waals surface area contributed by atoms with Crippen LogP contribution in [0.5, 0.6) is 11.5 Å². The Morgan fingerprint density at radius 3 is 1.66 bits per heavy atom. The molecule has 0 spiro atoms. The lowest BCUT2D eigenvalue weighted by atomic mass is 9.86. The van der Waals surface area contributed by atoms with Gasteiger partial charge in [0.05, 0.1) is 6.61 Å². The Morgan fingerprint density at radius 2 is 1.27 bits per heavy atom. The van der Waals surface area contributed by atoms with E-state index < -0.39 is 19.5 Å². The van der Waals surface area contributed by atoms with Crippen LogP contribution in [0, 0.1) is 0 Å². The number of rotatable bonds is 15. The summed E-state index contributed by atoms with van der Waals surface area (Å²) < 4.78 is 35.5. The first-order chi connectivity index (χ1) is 19.1. The van der Waals surface area contributed by atoms with Gasteiger partial charge < -0.3 is 19.3 Å². The minimum absolute atomic E-state index is 0.126. The molecular formula is C32H50NO7P. The van der Waals surface area contributed by atoms with E-state index in [9.17, 15) is 14.5 Å². The molecule has 0 bridgehead atoms. The second-order valence-electron chi connectivity index (χ2n) is 11.7. The molecule has 0 aliphatic rings. The van der Waals surface area contributed by atoms with Crippen molar-refractivity contribution in [2.24, 2.45) is 0 Å². The van der Waals surface area contributed by atoms with Gasteiger partial charge in [0.15, 0.2) is 6.79 Å². The SMILES string of the molecule is CCOC(=O)[C@H](C)NP(=O)(COC)OCOc1c(C(C)C)cc(-c2cc(C(C)C)c(O)c(C(C)C)c2)cc1C(C)C. The molecule has 8 nitrogen and oxygen atoms in total. The molecule has 230 valence electrons. The van der Waals surface area contributed by atoms with Crippen LogP contribution in [0.1, 0.15) is 115 Å². The average molecular weight is 592 g/mol. The number of phenolic OH excluding ortho intramolecular Hbond substituents is 1. The highest BCUT2D eigenvalue weighted by Gasteiger charge is 2.30. The van der Waals surface area contributed by atoms with Gasteiger partial charge in [-0.2, -0.15) is 0 Å². The zero-order chi connectivity index (χ0) is 31.1. The van der Waals surface area contributed by atoms with Crippen molar-refractivity contribution in [3.05, 3.63) is 46.5 Å². The molecule has 2 aromatic rings. The van der Waals surface area contributed by atoms with Crippen LogP contribution in [0.3, 0.4) is 0 Å². The van der Waals surface area contributed by atoms with E-state index in [1.165, 1.54) is 7.11 Å². The summed E-state index contributed by atoms with van der Waals surface area (Å²) in [5.74, 6) is 1.13. The first kappa shape index (κ1) is 34.8. The van der Waals surface area contributed by atoms with E-state index in [2.05, 4.69) is 84.7 Å². The van der Waals surface area contributed by atoms with Crippen LogP contribution in [0.2, 0.25) is 0 Å². The number of methoxy groups -OCH3 is 1. The van der Waals surface area contributed by atoms with Crippen LogP contribution in [-0.2, 0) is 23.4 Å². The fourth-order valence-electron chi connectivity index (χ4n) is 4.66. The summed E-state index contributed by atoms with van der Waals surface area (Å²) >= 11 is 0. The van der Waals surface area contributed by atoms with E-state index in [1.807, 2.05) is 0 Å². The normalized spacial score (nSPS) is 14.1. The first-order valence-corrected chi connectivity index (χ1v) is 16.3. The Morgan fingerprint density at radius 1 is 0.829 bits per heavy atom. The van der Waals surface area contributed by atoms with E-state index in [-0.39, 0.29) is 43.4 Å². The van der Waals surface area contributed by atoms with Crippen molar-refractivity contribution in [3.8, 4) is 22.6 Å². The smallest absolute Gasteiger partial charge is 0.323 e. The van der Waals surface area contributed by atoms with E-state index in [1.54, 1.807) is 13.8 Å². The molecule has 0 aromatic heterocycles. The minimum atomic E-state index is -3.58. The van der Waals surface area contributed by atoms with Gasteiger partial charge in [-0.1, -0.05) is 55.4 Å². The predicted molar refractivity (Wildman–Crippen MR) is 165 cm³/mol. The molecule has 0 saturated carbocycles. The zero-order valence-corrected chi connectivity index (χ0v) is 27.6. The summed E-state index contributed by atoms with van der Waals surface area (Å²) in [6.07, 6.45) is -0.232. The third kappa shape index (κ3) is 9.05. The Kier molecular flexibility index (Phi) is 12.9. The second kappa shape index (κ2) is 15.2. The van der Waals surface area contributed by atoms with Gasteiger partial charge in [0, 0.05) is 7.11 Å². The molecule has 2 N–H and O–H groups in total. The highest BCUT2D eigenvalue weighted by atomic mass is 31.2. The molecule has 0 fully saturated rings. The predicted octanol–water partition coefficient (Wildman–Crippen LogP) is 8.24. The number of ether oxygens (including phenoxy) is 3. The Bertz CT molecular complexity index is 1160. The summed E-state index contributed by atoms with van der Waals surface area (Å²) in [5, 5.41) is 13.7. The topological polar surface area (TPSA) is 103 Å². The Labute approximate surface area is 246 Å². The molecule has 0 aliphatic carbocycles. The van der Waals surface area contributed by atoms with Crippen molar-refractivity contribution in [1.29, 1.82) is 0 Å². The van der Waals surface area contributed by atoms with Crippen molar-refractivity contribution in [1.82, 2.24) is 5.09 Å². The Hall–Kier alpha value is -2.38. The van der Waals surface area contributed by atoms with E-state index in [4.69, 9.17) is 18.7 Å². The van der Waals surface area contributed by atoms with Crippen molar-refractivity contribution in [3.63, 3.8) is 0 Å². The van der Waals surface area contributed by atoms with Gasteiger partial charge in [-0.05, 0) is 95.2 Å². The number of carbonyl (C=O) groups is 1. The lowest BCUT2D eigenvalue weighted by Crippen LogP contribution is -2.35. The maximum atomic E-state index is 13.4. The molecule has 41 heavy (non-hydrogen) atoms. The molecule has 9 heteroatoms. The van der Waals surface area contributed by atoms with E-state index in [0.29, 0.717) is 11.5 Å². The standard InChI is InChI=1S/C32H50NO7P/c1-12-38-32(35)23(10)33-41(36,18-37-11)40-17-39-31-28(21(6)7)15-25(16-29(31)22(8)9)24-13-26(19(2)3)30(34)27(14-24)20(4)5/h13-16,19-23,34H,12,17-18H2,1-11H3,(H,33,36)/t23-,41?/m0/s1. The quantitative estimate of drug-likeness (QED) is 0.121. The van der Waals surface area contributed by atoms with Gasteiger partial charge in [-0.25, -0.2) is 5.09 Å². The maximum absolute atomic E-state index is 13.4. The van der Waals surface area contributed by atoms with Crippen LogP contribution in [0.15, 0.2) is 24.3 Å². The molecule has 2 aromatic carbocycles. The third-order valence-corrected chi connectivity index (χ3v) is 8.83. The number of carbonyl (C=O) groups excluding carboxylic acids is 1. The van der Waals surface area contributed by atoms with Crippen LogP contribution >= 0.6 is 7.52 Å². The molecule has 0 saturated heterocycles. The molecule has 2 rings (SSSR count). The van der Waals surface area contributed by atoms with Crippen molar-refractivity contribution in [2.75, 3.05) is 26.9 Å². The summed E-state index contributed by atoms with van der Waals surface area (Å²) in [6.45, 7) is 20.0. The van der Waals surface area contributed by atoms with Crippen molar-refractivity contribution >= 4 is 13.5 Å².